The van der Waals surface area contributed by atoms with E-state index < -0.39 is 0 Å². The molecule has 2 N–H and O–H groups in total. The van der Waals surface area contributed by atoms with Gasteiger partial charge in [-0.1, -0.05) is 31.2 Å². The van der Waals surface area contributed by atoms with Gasteiger partial charge in [-0.15, -0.1) is 0 Å². The van der Waals surface area contributed by atoms with Gasteiger partial charge in [0.15, 0.2) is 0 Å². The van der Waals surface area contributed by atoms with Gasteiger partial charge in [-0.2, -0.15) is 5.10 Å². The number of H-pyrrole nitrogens is 1. The van der Waals surface area contributed by atoms with Crippen LogP contribution in [0, 0.1) is 6.92 Å². The largest absolute Gasteiger partial charge is 0.385 e. The molecule has 84 valence electrons. The smallest absolute Gasteiger partial charge is 0.115 e. The third-order valence-electron chi connectivity index (χ3n) is 2.83. The number of hydrogen-bond acceptors (Lipinski definition) is 2. The third kappa shape index (κ3) is 1.81. The standard InChI is InChI=1S/C13H17N3/c1-4-10-5-7-11(8-6-10)13-12(14-3)9(2)15-16-13/h5-8,14H,4H2,1-3H3,(H,15,16). The Hall–Kier alpha value is -1.77. The van der Waals surface area contributed by atoms with E-state index in [4.69, 9.17) is 0 Å². The summed E-state index contributed by atoms with van der Waals surface area (Å²) >= 11 is 0. The van der Waals surface area contributed by atoms with Crippen molar-refractivity contribution in [3.63, 3.8) is 0 Å². The molecule has 0 amide bonds. The average Bonchev–Trinajstić information content (AvgIpc) is 2.70. The second-order valence-corrected chi connectivity index (χ2v) is 3.87. The van der Waals surface area contributed by atoms with E-state index in [1.807, 2.05) is 14.0 Å². The zero-order valence-electron chi connectivity index (χ0n) is 9.96. The molecule has 0 saturated carbocycles. The summed E-state index contributed by atoms with van der Waals surface area (Å²) in [4.78, 5) is 0. The molecule has 1 aromatic heterocycles. The molecular formula is C13H17N3. The van der Waals surface area contributed by atoms with Crippen molar-refractivity contribution >= 4 is 5.69 Å². The Kier molecular flexibility index (Phi) is 2.95. The van der Waals surface area contributed by atoms with Crippen molar-refractivity contribution in [3.8, 4) is 11.3 Å². The minimum Gasteiger partial charge on any atom is -0.385 e. The number of aryl methyl sites for hydroxylation is 2. The topological polar surface area (TPSA) is 40.7 Å². The molecule has 0 fully saturated rings. The van der Waals surface area contributed by atoms with E-state index >= 15 is 0 Å². The van der Waals surface area contributed by atoms with Crippen LogP contribution in [0.3, 0.4) is 0 Å². The Morgan fingerprint density at radius 1 is 1.25 bits per heavy atom. The first-order valence-corrected chi connectivity index (χ1v) is 5.58. The van der Waals surface area contributed by atoms with Gasteiger partial charge in [0.2, 0.25) is 0 Å². The quantitative estimate of drug-likeness (QED) is 0.826. The SMILES string of the molecule is CCc1ccc(-c2n[nH]c(C)c2NC)cc1. The molecule has 0 aliphatic heterocycles. The molecule has 3 nitrogen and oxygen atoms in total. The van der Waals surface area contributed by atoms with Gasteiger partial charge < -0.3 is 5.32 Å². The molecule has 0 saturated heterocycles. The first kappa shape index (κ1) is 10.7. The van der Waals surface area contributed by atoms with Gasteiger partial charge in [0.1, 0.15) is 5.69 Å². The molecule has 0 atom stereocenters. The normalized spacial score (nSPS) is 10.4. The first-order valence-electron chi connectivity index (χ1n) is 5.58. The third-order valence-corrected chi connectivity index (χ3v) is 2.83. The molecule has 1 aromatic carbocycles. The van der Waals surface area contributed by atoms with Crippen LogP contribution >= 0.6 is 0 Å². The Morgan fingerprint density at radius 3 is 2.50 bits per heavy atom. The zero-order valence-corrected chi connectivity index (χ0v) is 9.96. The summed E-state index contributed by atoms with van der Waals surface area (Å²) in [5, 5.41) is 10.5. The van der Waals surface area contributed by atoms with Gasteiger partial charge in [-0.3, -0.25) is 5.10 Å². The molecule has 0 bridgehead atoms. The molecule has 2 rings (SSSR count). The van der Waals surface area contributed by atoms with E-state index in [0.29, 0.717) is 0 Å². The van der Waals surface area contributed by atoms with Crippen LogP contribution in [0.2, 0.25) is 0 Å². The lowest BCUT2D eigenvalue weighted by Gasteiger charge is -2.03. The minimum atomic E-state index is 0.989. The van der Waals surface area contributed by atoms with Crippen molar-refractivity contribution in [2.75, 3.05) is 12.4 Å². The van der Waals surface area contributed by atoms with E-state index in [0.717, 1.165) is 29.1 Å². The lowest BCUT2D eigenvalue weighted by atomic mass is 10.1. The number of nitrogens with one attached hydrogen (secondary N) is 2. The highest BCUT2D eigenvalue weighted by atomic mass is 15.1. The number of aromatic nitrogens is 2. The maximum Gasteiger partial charge on any atom is 0.115 e. The van der Waals surface area contributed by atoms with Crippen LogP contribution in [-0.2, 0) is 6.42 Å². The van der Waals surface area contributed by atoms with E-state index in [-0.39, 0.29) is 0 Å². The van der Waals surface area contributed by atoms with E-state index in [9.17, 15) is 0 Å². The second kappa shape index (κ2) is 4.39. The van der Waals surface area contributed by atoms with Gasteiger partial charge >= 0.3 is 0 Å². The summed E-state index contributed by atoms with van der Waals surface area (Å²) in [6.07, 6.45) is 1.07. The summed E-state index contributed by atoms with van der Waals surface area (Å²) in [7, 11) is 1.92. The maximum atomic E-state index is 4.32. The Labute approximate surface area is 95.9 Å². The maximum absolute atomic E-state index is 4.32. The number of hydrogen-bond donors (Lipinski definition) is 2. The lowest BCUT2D eigenvalue weighted by molar-refractivity contribution is 1.05. The molecule has 0 aliphatic rings. The number of benzene rings is 1. The zero-order chi connectivity index (χ0) is 11.5. The fraction of sp³-hybridized carbons (Fsp3) is 0.308. The van der Waals surface area contributed by atoms with Crippen LogP contribution in [0.1, 0.15) is 18.2 Å². The fourth-order valence-corrected chi connectivity index (χ4v) is 1.84. The first-order chi connectivity index (χ1) is 7.76. The summed E-state index contributed by atoms with van der Waals surface area (Å²) in [6, 6.07) is 8.54. The predicted octanol–water partition coefficient (Wildman–Crippen LogP) is 2.99. The van der Waals surface area contributed by atoms with Crippen molar-refractivity contribution in [2.45, 2.75) is 20.3 Å². The molecule has 0 radical (unpaired) electrons. The van der Waals surface area contributed by atoms with E-state index in [2.05, 4.69) is 46.7 Å². The summed E-state index contributed by atoms with van der Waals surface area (Å²) < 4.78 is 0. The second-order valence-electron chi connectivity index (χ2n) is 3.87. The van der Waals surface area contributed by atoms with E-state index in [1.165, 1.54) is 5.56 Å². The summed E-state index contributed by atoms with van der Waals surface area (Å²) in [5.41, 5.74) is 5.62. The number of anilines is 1. The molecule has 0 aliphatic carbocycles. The predicted molar refractivity (Wildman–Crippen MR) is 67.7 cm³/mol. The fourth-order valence-electron chi connectivity index (χ4n) is 1.84. The molecule has 3 heteroatoms. The van der Waals surface area contributed by atoms with Gasteiger partial charge in [0, 0.05) is 12.6 Å². The van der Waals surface area contributed by atoms with Gasteiger partial charge in [-0.05, 0) is 18.9 Å². The van der Waals surface area contributed by atoms with Gasteiger partial charge in [0.25, 0.3) is 0 Å². The molecule has 1 heterocycles. The van der Waals surface area contributed by atoms with Crippen LogP contribution in [0.15, 0.2) is 24.3 Å². The number of rotatable bonds is 3. The van der Waals surface area contributed by atoms with Crippen LogP contribution in [0.4, 0.5) is 5.69 Å². The highest BCUT2D eigenvalue weighted by molar-refractivity contribution is 5.75. The molecular weight excluding hydrogens is 198 g/mol. The van der Waals surface area contributed by atoms with Crippen molar-refractivity contribution in [3.05, 3.63) is 35.5 Å². The van der Waals surface area contributed by atoms with Crippen molar-refractivity contribution in [1.82, 2.24) is 10.2 Å². The monoisotopic (exact) mass is 215 g/mol. The molecule has 2 aromatic rings. The highest BCUT2D eigenvalue weighted by Gasteiger charge is 2.10. The van der Waals surface area contributed by atoms with Crippen LogP contribution in [-0.4, -0.2) is 17.2 Å². The van der Waals surface area contributed by atoms with Gasteiger partial charge in [-0.25, -0.2) is 0 Å². The summed E-state index contributed by atoms with van der Waals surface area (Å²) in [6.45, 7) is 4.18. The van der Waals surface area contributed by atoms with Crippen molar-refractivity contribution in [1.29, 1.82) is 0 Å². The summed E-state index contributed by atoms with van der Waals surface area (Å²) in [5.74, 6) is 0. The van der Waals surface area contributed by atoms with Crippen molar-refractivity contribution < 1.29 is 0 Å². The number of aromatic amines is 1. The average molecular weight is 215 g/mol. The highest BCUT2D eigenvalue weighted by Crippen LogP contribution is 2.27. The molecule has 16 heavy (non-hydrogen) atoms. The number of nitrogens with zero attached hydrogens (tertiary/aromatic N) is 1. The van der Waals surface area contributed by atoms with Crippen LogP contribution in [0.25, 0.3) is 11.3 Å². The Bertz CT molecular complexity index is 468. The van der Waals surface area contributed by atoms with Crippen LogP contribution in [0.5, 0.6) is 0 Å². The Balaban J connectivity index is 2.42. The lowest BCUT2D eigenvalue weighted by Crippen LogP contribution is -1.91. The van der Waals surface area contributed by atoms with E-state index in [1.54, 1.807) is 0 Å². The Morgan fingerprint density at radius 2 is 1.94 bits per heavy atom. The van der Waals surface area contributed by atoms with Gasteiger partial charge in [0.05, 0.1) is 11.4 Å². The van der Waals surface area contributed by atoms with Crippen LogP contribution < -0.4 is 5.32 Å². The minimum absolute atomic E-state index is 0.989. The molecule has 0 unspecified atom stereocenters. The molecule has 0 spiro atoms. The van der Waals surface area contributed by atoms with Crippen molar-refractivity contribution in [2.24, 2.45) is 0 Å².